The third kappa shape index (κ3) is 5.07. The molecule has 0 unspecified atom stereocenters. The molecule has 0 aliphatic rings. The van der Waals surface area contributed by atoms with Crippen molar-refractivity contribution in [2.24, 2.45) is 0 Å². The molecule has 58 heavy (non-hydrogen) atoms. The minimum Gasteiger partial charge on any atom is -0.455 e. The van der Waals surface area contributed by atoms with Crippen molar-refractivity contribution in [3.05, 3.63) is 194 Å². The Hall–Kier alpha value is -7.89. The smallest absolute Gasteiger partial charge is 0.238 e. The Morgan fingerprint density at radius 2 is 0.983 bits per heavy atom. The summed E-state index contributed by atoms with van der Waals surface area (Å²) in [5, 5.41) is 9.09. The average molecular weight is 741 g/mol. The van der Waals surface area contributed by atoms with E-state index in [1.807, 2.05) is 6.07 Å². The van der Waals surface area contributed by atoms with Gasteiger partial charge in [-0.3, -0.25) is 4.57 Å². The molecule has 12 rings (SSSR count). The van der Waals surface area contributed by atoms with E-state index < -0.39 is 0 Å². The lowest BCUT2D eigenvalue weighted by Gasteiger charge is -2.13. The number of benzene rings is 9. The first-order chi connectivity index (χ1) is 28.7. The van der Waals surface area contributed by atoms with Crippen LogP contribution in [0.1, 0.15) is 0 Å². The molecule has 0 aliphatic carbocycles. The lowest BCUT2D eigenvalue weighted by Crippen LogP contribution is -2.07. The van der Waals surface area contributed by atoms with Crippen molar-refractivity contribution >= 4 is 65.3 Å². The third-order valence-electron chi connectivity index (χ3n) is 11.5. The van der Waals surface area contributed by atoms with Gasteiger partial charge in [0.25, 0.3) is 0 Å². The van der Waals surface area contributed by atoms with Gasteiger partial charge in [-0.1, -0.05) is 176 Å². The van der Waals surface area contributed by atoms with E-state index in [0.717, 1.165) is 87.9 Å². The lowest BCUT2D eigenvalue weighted by molar-refractivity contribution is 0.670. The number of aromatic nitrogens is 4. The normalized spacial score (nSPS) is 11.8. The molecule has 0 bridgehead atoms. The highest BCUT2D eigenvalue weighted by molar-refractivity contribution is 6.22. The number of nitrogens with zero attached hydrogens (tertiary/aromatic N) is 4. The summed E-state index contributed by atoms with van der Waals surface area (Å²) in [5.41, 5.74) is 9.89. The van der Waals surface area contributed by atoms with Crippen molar-refractivity contribution in [1.82, 2.24) is 19.5 Å². The van der Waals surface area contributed by atoms with E-state index in [4.69, 9.17) is 19.4 Å². The monoisotopic (exact) mass is 740 g/mol. The zero-order valence-corrected chi connectivity index (χ0v) is 31.2. The first-order valence-corrected chi connectivity index (χ1v) is 19.5. The van der Waals surface area contributed by atoms with Gasteiger partial charge in [-0.2, -0.15) is 9.97 Å². The van der Waals surface area contributed by atoms with E-state index in [2.05, 4.69) is 193 Å². The molecule has 0 N–H and O–H groups in total. The number of fused-ring (bicyclic) bond motifs is 9. The Kier molecular flexibility index (Phi) is 7.16. The quantitative estimate of drug-likeness (QED) is 0.176. The molecule has 0 saturated carbocycles. The van der Waals surface area contributed by atoms with Crippen molar-refractivity contribution in [3.63, 3.8) is 0 Å². The zero-order chi connectivity index (χ0) is 38.2. The molecule has 0 spiro atoms. The number of furan rings is 1. The predicted molar refractivity (Wildman–Crippen MR) is 238 cm³/mol. The summed E-state index contributed by atoms with van der Waals surface area (Å²) in [4.78, 5) is 15.8. The van der Waals surface area contributed by atoms with E-state index in [0.29, 0.717) is 17.6 Å². The Balaban J connectivity index is 1.13. The molecule has 0 fully saturated rings. The van der Waals surface area contributed by atoms with Gasteiger partial charge in [-0.15, -0.1) is 0 Å². The van der Waals surface area contributed by atoms with Crippen LogP contribution < -0.4 is 0 Å². The van der Waals surface area contributed by atoms with Crippen molar-refractivity contribution < 1.29 is 4.42 Å². The van der Waals surface area contributed by atoms with Gasteiger partial charge in [0, 0.05) is 43.8 Å². The molecule has 0 amide bonds. The largest absolute Gasteiger partial charge is 0.455 e. The highest BCUT2D eigenvalue weighted by Crippen LogP contribution is 2.43. The van der Waals surface area contributed by atoms with Gasteiger partial charge >= 0.3 is 0 Å². The van der Waals surface area contributed by atoms with Gasteiger partial charge in [-0.05, 0) is 50.9 Å². The van der Waals surface area contributed by atoms with Crippen molar-refractivity contribution in [1.29, 1.82) is 0 Å². The average Bonchev–Trinajstić information content (AvgIpc) is 3.86. The predicted octanol–water partition coefficient (Wildman–Crippen LogP) is 13.8. The lowest BCUT2D eigenvalue weighted by atomic mass is 9.98. The maximum absolute atomic E-state index is 6.79. The summed E-state index contributed by atoms with van der Waals surface area (Å²) in [6, 6.07) is 67.9. The molecule has 5 heteroatoms. The van der Waals surface area contributed by atoms with Crippen molar-refractivity contribution in [3.8, 4) is 51.0 Å². The van der Waals surface area contributed by atoms with Crippen LogP contribution in [0, 0.1) is 0 Å². The van der Waals surface area contributed by atoms with Crippen LogP contribution in [0.2, 0.25) is 0 Å². The molecule has 0 aliphatic heterocycles. The van der Waals surface area contributed by atoms with Gasteiger partial charge in [0.1, 0.15) is 11.2 Å². The molecule has 0 saturated heterocycles. The first-order valence-electron chi connectivity index (χ1n) is 19.5. The van der Waals surface area contributed by atoms with Crippen LogP contribution in [0.25, 0.3) is 116 Å². The molecular weight excluding hydrogens is 709 g/mol. The Bertz CT molecular complexity index is 3560. The molecule has 3 aromatic heterocycles. The second kappa shape index (κ2) is 12.8. The van der Waals surface area contributed by atoms with Crippen molar-refractivity contribution in [2.75, 3.05) is 0 Å². The number of rotatable bonds is 5. The fourth-order valence-corrected chi connectivity index (χ4v) is 8.72. The van der Waals surface area contributed by atoms with Gasteiger partial charge < -0.3 is 4.42 Å². The summed E-state index contributed by atoms with van der Waals surface area (Å²) >= 11 is 0. The topological polar surface area (TPSA) is 56.7 Å². The van der Waals surface area contributed by atoms with Gasteiger partial charge in [-0.25, -0.2) is 4.98 Å². The Labute approximate surface area is 333 Å². The highest BCUT2D eigenvalue weighted by atomic mass is 16.3. The van der Waals surface area contributed by atoms with Crippen LogP contribution in [-0.4, -0.2) is 19.5 Å². The summed E-state index contributed by atoms with van der Waals surface area (Å²) < 4.78 is 9.01. The van der Waals surface area contributed by atoms with Crippen LogP contribution in [0.4, 0.5) is 0 Å². The van der Waals surface area contributed by atoms with E-state index in [9.17, 15) is 0 Å². The van der Waals surface area contributed by atoms with E-state index >= 15 is 0 Å². The minimum atomic E-state index is 0.543. The highest BCUT2D eigenvalue weighted by Gasteiger charge is 2.23. The SMILES string of the molecule is c1ccc(-c2ccc(-c3nc(-c4ccc5ccccc5c4)nc(-n4c5ccccc5c5cccc(-c6cccc7c6oc6ccc8ccccc8c67)c54)n3)cc2)cc1. The molecule has 5 nitrogen and oxygen atoms in total. The van der Waals surface area contributed by atoms with E-state index in [1.54, 1.807) is 0 Å². The van der Waals surface area contributed by atoms with Gasteiger partial charge in [0.2, 0.25) is 5.95 Å². The maximum Gasteiger partial charge on any atom is 0.238 e. The second-order valence-corrected chi connectivity index (χ2v) is 14.8. The summed E-state index contributed by atoms with van der Waals surface area (Å²) in [6.45, 7) is 0. The standard InChI is InChI=1S/C53H32N4O/c1-2-12-33(13-3-1)35-24-27-37(28-25-35)51-54-52(39-29-26-34-14-4-5-16-38(34)32-39)56-53(55-51)57-46-23-9-8-18-41(46)42-19-10-20-43(49(42)57)44-21-11-22-45-48-40-17-7-6-15-36(40)30-31-47(48)58-50(44)45/h1-32H. The number of para-hydroxylation sites is 3. The van der Waals surface area contributed by atoms with Crippen LogP contribution in [0.5, 0.6) is 0 Å². The molecule has 0 atom stereocenters. The fourth-order valence-electron chi connectivity index (χ4n) is 8.72. The fraction of sp³-hybridized carbons (Fsp3) is 0. The van der Waals surface area contributed by atoms with Crippen LogP contribution >= 0.6 is 0 Å². The minimum absolute atomic E-state index is 0.543. The third-order valence-corrected chi connectivity index (χ3v) is 11.5. The van der Waals surface area contributed by atoms with Crippen molar-refractivity contribution in [2.45, 2.75) is 0 Å². The number of hydrogen-bond acceptors (Lipinski definition) is 4. The van der Waals surface area contributed by atoms with Crippen LogP contribution in [0.3, 0.4) is 0 Å². The molecular formula is C53H32N4O. The van der Waals surface area contributed by atoms with Crippen LogP contribution in [-0.2, 0) is 0 Å². The number of hydrogen-bond donors (Lipinski definition) is 0. The molecule has 9 aromatic carbocycles. The second-order valence-electron chi connectivity index (χ2n) is 14.8. The first kappa shape index (κ1) is 32.4. The summed E-state index contributed by atoms with van der Waals surface area (Å²) in [5.74, 6) is 1.75. The van der Waals surface area contributed by atoms with Gasteiger partial charge in [0.05, 0.1) is 11.0 Å². The zero-order valence-electron chi connectivity index (χ0n) is 31.2. The van der Waals surface area contributed by atoms with Gasteiger partial charge in [0.15, 0.2) is 11.6 Å². The van der Waals surface area contributed by atoms with Crippen LogP contribution in [0.15, 0.2) is 199 Å². The summed E-state index contributed by atoms with van der Waals surface area (Å²) in [7, 11) is 0. The summed E-state index contributed by atoms with van der Waals surface area (Å²) in [6.07, 6.45) is 0. The molecule has 0 radical (unpaired) electrons. The van der Waals surface area contributed by atoms with E-state index in [-0.39, 0.29) is 0 Å². The Morgan fingerprint density at radius 3 is 1.83 bits per heavy atom. The molecule has 12 aromatic rings. The van der Waals surface area contributed by atoms with E-state index in [1.165, 1.54) is 10.8 Å². The Morgan fingerprint density at radius 1 is 0.379 bits per heavy atom. The molecule has 3 heterocycles. The molecule has 270 valence electrons. The maximum atomic E-state index is 6.79.